The monoisotopic (exact) mass is 328 g/mol. The minimum atomic E-state index is -0.955. The van der Waals surface area contributed by atoms with Crippen LogP contribution in [0.4, 0.5) is 8.78 Å². The van der Waals surface area contributed by atoms with E-state index in [1.165, 1.54) is 13.2 Å². The van der Waals surface area contributed by atoms with Gasteiger partial charge in [0.1, 0.15) is 23.4 Å². The Morgan fingerprint density at radius 2 is 1.88 bits per heavy atom. The zero-order chi connectivity index (χ0) is 17.5. The van der Waals surface area contributed by atoms with Gasteiger partial charge in [-0.1, -0.05) is 24.3 Å². The van der Waals surface area contributed by atoms with E-state index in [1.54, 1.807) is 24.3 Å². The first-order chi connectivity index (χ1) is 11.6. The zero-order valence-corrected chi connectivity index (χ0v) is 12.8. The highest BCUT2D eigenvalue weighted by atomic mass is 19.1. The number of ether oxygens (including phenoxy) is 1. The van der Waals surface area contributed by atoms with Gasteiger partial charge < -0.3 is 10.1 Å². The van der Waals surface area contributed by atoms with Crippen LogP contribution in [0.3, 0.4) is 0 Å². The summed E-state index contributed by atoms with van der Waals surface area (Å²) in [5.74, 6) is -1.76. The fourth-order valence-corrected chi connectivity index (χ4v) is 2.10. The molecule has 2 aromatic rings. The van der Waals surface area contributed by atoms with Crippen LogP contribution in [0, 0.1) is 23.0 Å². The van der Waals surface area contributed by atoms with Crippen molar-refractivity contribution in [2.24, 2.45) is 0 Å². The maximum Gasteiger partial charge on any atom is 0.245 e. The third-order valence-corrected chi connectivity index (χ3v) is 3.27. The van der Waals surface area contributed by atoms with E-state index < -0.39 is 23.6 Å². The maximum atomic E-state index is 13.5. The minimum absolute atomic E-state index is 0.321. The number of rotatable bonds is 5. The Bertz CT molecular complexity index is 793. The molecule has 4 nitrogen and oxygen atoms in total. The van der Waals surface area contributed by atoms with E-state index >= 15 is 0 Å². The smallest absolute Gasteiger partial charge is 0.245 e. The van der Waals surface area contributed by atoms with Gasteiger partial charge in [-0.15, -0.1) is 0 Å². The number of carbonyl (C=O) groups excluding carboxylic acids is 1. The van der Waals surface area contributed by atoms with Crippen molar-refractivity contribution in [3.8, 4) is 11.8 Å². The van der Waals surface area contributed by atoms with Crippen molar-refractivity contribution in [3.05, 3.63) is 71.3 Å². The van der Waals surface area contributed by atoms with Crippen molar-refractivity contribution in [3.63, 3.8) is 0 Å². The van der Waals surface area contributed by atoms with Crippen molar-refractivity contribution in [1.29, 1.82) is 5.26 Å². The number of carbonyl (C=O) groups is 1. The molecule has 0 saturated carbocycles. The molecule has 0 aliphatic heterocycles. The molecule has 6 heteroatoms. The average molecular weight is 328 g/mol. The number of benzene rings is 2. The zero-order valence-electron chi connectivity index (χ0n) is 12.8. The second-order valence-electron chi connectivity index (χ2n) is 4.78. The van der Waals surface area contributed by atoms with Crippen LogP contribution < -0.4 is 10.1 Å². The van der Waals surface area contributed by atoms with Gasteiger partial charge in [0.05, 0.1) is 13.2 Å². The standard InChI is InChI=1S/C18H14F2N2O2/c1-24-17-8-3-2-5-13(17)16(11-21)22-18(23)10-9-12-14(19)6-4-7-15(12)20/h2-10,16H,1H3,(H,22,23)/b10-9+. The van der Waals surface area contributed by atoms with Gasteiger partial charge in [-0.05, 0) is 24.3 Å². The molecule has 0 aromatic heterocycles. The third-order valence-electron chi connectivity index (χ3n) is 3.27. The van der Waals surface area contributed by atoms with Crippen molar-refractivity contribution in [1.82, 2.24) is 5.32 Å². The number of amides is 1. The summed E-state index contributed by atoms with van der Waals surface area (Å²) < 4.78 is 32.2. The van der Waals surface area contributed by atoms with Crippen LogP contribution in [-0.4, -0.2) is 13.0 Å². The molecule has 0 heterocycles. The Balaban J connectivity index is 2.16. The summed E-state index contributed by atoms with van der Waals surface area (Å²) in [6.45, 7) is 0. The molecule has 0 spiro atoms. The molecule has 0 aliphatic carbocycles. The summed E-state index contributed by atoms with van der Waals surface area (Å²) in [4.78, 5) is 11.9. The molecule has 0 bridgehead atoms. The molecule has 1 atom stereocenters. The second kappa shape index (κ2) is 7.88. The van der Waals surface area contributed by atoms with Gasteiger partial charge in [-0.25, -0.2) is 8.78 Å². The van der Waals surface area contributed by atoms with Crippen LogP contribution in [0.15, 0.2) is 48.5 Å². The Kier molecular flexibility index (Phi) is 5.63. The Morgan fingerprint density at radius 3 is 2.50 bits per heavy atom. The molecule has 2 aromatic carbocycles. The van der Waals surface area contributed by atoms with Gasteiger partial charge in [0, 0.05) is 17.2 Å². The van der Waals surface area contributed by atoms with E-state index in [-0.39, 0.29) is 5.56 Å². The van der Waals surface area contributed by atoms with Crippen LogP contribution in [0.5, 0.6) is 5.75 Å². The van der Waals surface area contributed by atoms with Gasteiger partial charge in [-0.3, -0.25) is 4.79 Å². The molecule has 24 heavy (non-hydrogen) atoms. The summed E-state index contributed by atoms with van der Waals surface area (Å²) in [6, 6.07) is 11.2. The number of nitriles is 1. The minimum Gasteiger partial charge on any atom is -0.496 e. The summed E-state index contributed by atoms with van der Waals surface area (Å²) >= 11 is 0. The summed E-state index contributed by atoms with van der Waals surface area (Å²) in [6.07, 6.45) is 2.00. The van der Waals surface area contributed by atoms with Crippen LogP contribution in [0.25, 0.3) is 6.08 Å². The van der Waals surface area contributed by atoms with Crippen molar-refractivity contribution in [2.75, 3.05) is 7.11 Å². The largest absolute Gasteiger partial charge is 0.496 e. The fourth-order valence-electron chi connectivity index (χ4n) is 2.10. The number of para-hydroxylation sites is 1. The number of methoxy groups -OCH3 is 1. The quantitative estimate of drug-likeness (QED) is 0.856. The predicted molar refractivity (Wildman–Crippen MR) is 84.9 cm³/mol. The van der Waals surface area contributed by atoms with E-state index in [0.717, 1.165) is 24.3 Å². The SMILES string of the molecule is COc1ccccc1C(C#N)NC(=O)/C=C/c1c(F)cccc1F. The first-order valence-corrected chi connectivity index (χ1v) is 7.02. The fraction of sp³-hybridized carbons (Fsp3) is 0.111. The Hall–Kier alpha value is -3.20. The normalized spacial score (nSPS) is 11.8. The van der Waals surface area contributed by atoms with Crippen LogP contribution in [0.2, 0.25) is 0 Å². The lowest BCUT2D eigenvalue weighted by atomic mass is 10.1. The van der Waals surface area contributed by atoms with Gasteiger partial charge in [0.15, 0.2) is 0 Å². The molecule has 1 N–H and O–H groups in total. The van der Waals surface area contributed by atoms with Gasteiger partial charge >= 0.3 is 0 Å². The molecule has 1 amide bonds. The molecule has 0 radical (unpaired) electrons. The van der Waals surface area contributed by atoms with E-state index in [0.29, 0.717) is 11.3 Å². The number of nitrogens with one attached hydrogen (secondary N) is 1. The summed E-state index contributed by atoms with van der Waals surface area (Å²) in [5, 5.41) is 11.7. The lowest BCUT2D eigenvalue weighted by Crippen LogP contribution is -2.26. The van der Waals surface area contributed by atoms with Crippen LogP contribution in [0.1, 0.15) is 17.2 Å². The number of halogens is 2. The molecule has 1 unspecified atom stereocenters. The van der Waals surface area contributed by atoms with Crippen LogP contribution in [-0.2, 0) is 4.79 Å². The van der Waals surface area contributed by atoms with Crippen molar-refractivity contribution in [2.45, 2.75) is 6.04 Å². The van der Waals surface area contributed by atoms with Crippen molar-refractivity contribution < 1.29 is 18.3 Å². The van der Waals surface area contributed by atoms with Gasteiger partial charge in [-0.2, -0.15) is 5.26 Å². The second-order valence-corrected chi connectivity index (χ2v) is 4.78. The number of hydrogen-bond donors (Lipinski definition) is 1. The third kappa shape index (κ3) is 3.96. The van der Waals surface area contributed by atoms with Gasteiger partial charge in [0.2, 0.25) is 5.91 Å². The Labute approximate surface area is 138 Å². The first-order valence-electron chi connectivity index (χ1n) is 7.02. The molecular formula is C18H14F2N2O2. The summed E-state index contributed by atoms with van der Waals surface area (Å²) in [5.41, 5.74) is 0.166. The summed E-state index contributed by atoms with van der Waals surface area (Å²) in [7, 11) is 1.45. The Morgan fingerprint density at radius 1 is 1.21 bits per heavy atom. The topological polar surface area (TPSA) is 62.1 Å². The van der Waals surface area contributed by atoms with E-state index in [4.69, 9.17) is 4.74 Å². The molecule has 0 saturated heterocycles. The molecular weight excluding hydrogens is 314 g/mol. The van der Waals surface area contributed by atoms with Crippen molar-refractivity contribution >= 4 is 12.0 Å². The van der Waals surface area contributed by atoms with E-state index in [1.807, 2.05) is 6.07 Å². The highest BCUT2D eigenvalue weighted by molar-refractivity contribution is 5.92. The van der Waals surface area contributed by atoms with E-state index in [2.05, 4.69) is 5.32 Å². The highest BCUT2D eigenvalue weighted by Gasteiger charge is 2.16. The van der Waals surface area contributed by atoms with Crippen LogP contribution >= 0.6 is 0 Å². The predicted octanol–water partition coefficient (Wildman–Crippen LogP) is 3.37. The average Bonchev–Trinajstić information content (AvgIpc) is 2.59. The lowest BCUT2D eigenvalue weighted by molar-refractivity contribution is -0.116. The number of nitrogens with zero attached hydrogens (tertiary/aromatic N) is 1. The molecule has 122 valence electrons. The van der Waals surface area contributed by atoms with Gasteiger partial charge in [0.25, 0.3) is 0 Å². The lowest BCUT2D eigenvalue weighted by Gasteiger charge is -2.14. The first kappa shape index (κ1) is 17.2. The molecule has 0 fully saturated rings. The van der Waals surface area contributed by atoms with E-state index in [9.17, 15) is 18.8 Å². The highest BCUT2D eigenvalue weighted by Crippen LogP contribution is 2.24. The molecule has 2 rings (SSSR count). The number of hydrogen-bond acceptors (Lipinski definition) is 3. The maximum absolute atomic E-state index is 13.5. The molecule has 0 aliphatic rings.